The summed E-state index contributed by atoms with van der Waals surface area (Å²) >= 11 is 1.92. The molecule has 3 aliphatic heterocycles. The standard InChI is InChI=1S/C24H30N4S/c1-4-18-15-29-24-26-22(20-9-5-6-12-25-20)23(28(18)24)19-10-11-21(17(3)16(19)2)27-13-7-8-14-27/h5-6,9-12,18,22-23H,4,7-8,13-15H2,1-3H3/t18-,22+,23-/m1/s1. The van der Waals surface area contributed by atoms with Gasteiger partial charge in [0.15, 0.2) is 5.17 Å². The van der Waals surface area contributed by atoms with Crippen LogP contribution < -0.4 is 4.90 Å². The molecule has 0 radical (unpaired) electrons. The van der Waals surface area contributed by atoms with Crippen molar-refractivity contribution in [2.75, 3.05) is 23.7 Å². The molecule has 2 aromatic rings. The number of hydrogen-bond acceptors (Lipinski definition) is 5. The van der Waals surface area contributed by atoms with Gasteiger partial charge in [-0.15, -0.1) is 0 Å². The molecule has 0 saturated carbocycles. The minimum Gasteiger partial charge on any atom is -0.371 e. The molecular formula is C24H30N4S. The van der Waals surface area contributed by atoms with Crippen LogP contribution >= 0.6 is 11.8 Å². The maximum Gasteiger partial charge on any atom is 0.160 e. The molecule has 0 spiro atoms. The Bertz CT molecular complexity index is 920. The predicted octanol–water partition coefficient (Wildman–Crippen LogP) is 5.28. The molecule has 1 aromatic heterocycles. The van der Waals surface area contributed by atoms with E-state index in [0.717, 1.165) is 17.9 Å². The first-order valence-electron chi connectivity index (χ1n) is 10.9. The molecule has 29 heavy (non-hydrogen) atoms. The maximum atomic E-state index is 5.18. The second-order valence-electron chi connectivity index (χ2n) is 8.45. The number of rotatable bonds is 4. The largest absolute Gasteiger partial charge is 0.371 e. The van der Waals surface area contributed by atoms with Gasteiger partial charge in [-0.05, 0) is 68.0 Å². The van der Waals surface area contributed by atoms with Crippen LogP contribution in [0.4, 0.5) is 5.69 Å². The Labute approximate surface area is 178 Å². The van der Waals surface area contributed by atoms with Gasteiger partial charge in [0.05, 0.1) is 11.7 Å². The van der Waals surface area contributed by atoms with Crippen LogP contribution in [0.1, 0.15) is 60.7 Å². The third-order valence-corrected chi connectivity index (χ3v) is 8.02. The van der Waals surface area contributed by atoms with Crippen molar-refractivity contribution in [1.29, 1.82) is 0 Å². The van der Waals surface area contributed by atoms with E-state index in [9.17, 15) is 0 Å². The summed E-state index contributed by atoms with van der Waals surface area (Å²) in [5.41, 5.74) is 6.76. The quantitative estimate of drug-likeness (QED) is 0.691. The molecule has 0 N–H and O–H groups in total. The van der Waals surface area contributed by atoms with Gasteiger partial charge in [0.1, 0.15) is 6.04 Å². The molecule has 5 heteroatoms. The van der Waals surface area contributed by atoms with Crippen molar-refractivity contribution in [3.63, 3.8) is 0 Å². The van der Waals surface area contributed by atoms with Gasteiger partial charge in [-0.2, -0.15) is 0 Å². The van der Waals surface area contributed by atoms with E-state index in [0.29, 0.717) is 6.04 Å². The highest BCUT2D eigenvalue weighted by Crippen LogP contribution is 2.50. The molecule has 0 unspecified atom stereocenters. The topological polar surface area (TPSA) is 31.7 Å². The minimum atomic E-state index is 0.0730. The van der Waals surface area contributed by atoms with Crippen LogP contribution in [0.15, 0.2) is 41.5 Å². The van der Waals surface area contributed by atoms with Crippen molar-refractivity contribution in [3.8, 4) is 0 Å². The summed E-state index contributed by atoms with van der Waals surface area (Å²) in [7, 11) is 0. The van der Waals surface area contributed by atoms with E-state index in [4.69, 9.17) is 9.98 Å². The number of anilines is 1. The highest BCUT2D eigenvalue weighted by atomic mass is 32.2. The van der Waals surface area contributed by atoms with Crippen molar-refractivity contribution in [3.05, 3.63) is 58.9 Å². The number of benzene rings is 1. The Morgan fingerprint density at radius 1 is 1.07 bits per heavy atom. The van der Waals surface area contributed by atoms with E-state index in [1.54, 1.807) is 0 Å². The zero-order valence-electron chi connectivity index (χ0n) is 17.6. The van der Waals surface area contributed by atoms with Gasteiger partial charge in [-0.25, -0.2) is 0 Å². The van der Waals surface area contributed by atoms with Crippen LogP contribution in [-0.2, 0) is 0 Å². The zero-order chi connectivity index (χ0) is 20.0. The summed E-state index contributed by atoms with van der Waals surface area (Å²) in [5, 5.41) is 1.21. The molecule has 3 atom stereocenters. The lowest BCUT2D eigenvalue weighted by molar-refractivity contribution is 0.254. The first-order chi connectivity index (χ1) is 14.2. The van der Waals surface area contributed by atoms with E-state index < -0.39 is 0 Å². The third kappa shape index (κ3) is 3.14. The monoisotopic (exact) mass is 406 g/mol. The highest BCUT2D eigenvalue weighted by molar-refractivity contribution is 8.14. The van der Waals surface area contributed by atoms with Crippen LogP contribution in [0, 0.1) is 13.8 Å². The number of thioether (sulfide) groups is 1. The summed E-state index contributed by atoms with van der Waals surface area (Å²) in [5.74, 6) is 1.14. The number of fused-ring (bicyclic) bond motifs is 1. The summed E-state index contributed by atoms with van der Waals surface area (Å²) < 4.78 is 0. The molecule has 0 amide bonds. The minimum absolute atomic E-state index is 0.0730. The number of aromatic nitrogens is 1. The van der Waals surface area contributed by atoms with Crippen molar-refractivity contribution in [1.82, 2.24) is 9.88 Å². The molecule has 2 fully saturated rings. The predicted molar refractivity (Wildman–Crippen MR) is 123 cm³/mol. The lowest BCUT2D eigenvalue weighted by Gasteiger charge is -2.34. The molecule has 1 aromatic carbocycles. The van der Waals surface area contributed by atoms with Gasteiger partial charge in [0, 0.05) is 36.8 Å². The fourth-order valence-corrected chi connectivity index (χ4v) is 6.47. The van der Waals surface area contributed by atoms with Crippen LogP contribution in [0.2, 0.25) is 0 Å². The van der Waals surface area contributed by atoms with Crippen molar-refractivity contribution < 1.29 is 0 Å². The molecular weight excluding hydrogens is 376 g/mol. The molecule has 152 valence electrons. The summed E-state index contributed by atoms with van der Waals surface area (Å²) in [4.78, 5) is 15.0. The van der Waals surface area contributed by atoms with Gasteiger partial charge in [0.2, 0.25) is 0 Å². The third-order valence-electron chi connectivity index (χ3n) is 6.90. The second kappa shape index (κ2) is 7.67. The average molecular weight is 407 g/mol. The number of nitrogens with zero attached hydrogens (tertiary/aromatic N) is 4. The molecule has 0 aliphatic carbocycles. The zero-order valence-corrected chi connectivity index (χ0v) is 18.5. The molecule has 2 saturated heterocycles. The Morgan fingerprint density at radius 2 is 1.90 bits per heavy atom. The lowest BCUT2D eigenvalue weighted by Crippen LogP contribution is -2.35. The van der Waals surface area contributed by atoms with E-state index >= 15 is 0 Å². The first-order valence-corrected chi connectivity index (χ1v) is 11.9. The van der Waals surface area contributed by atoms with Gasteiger partial charge in [-0.1, -0.05) is 30.8 Å². The Morgan fingerprint density at radius 3 is 2.62 bits per heavy atom. The summed E-state index contributed by atoms with van der Waals surface area (Å²) in [6, 6.07) is 11.8. The number of amidine groups is 1. The van der Waals surface area contributed by atoms with Crippen molar-refractivity contribution >= 4 is 22.6 Å². The lowest BCUT2D eigenvalue weighted by atomic mass is 9.89. The molecule has 0 bridgehead atoms. The van der Waals surface area contributed by atoms with Crippen LogP contribution in [0.25, 0.3) is 0 Å². The number of aliphatic imine (C=N–C) groups is 1. The van der Waals surface area contributed by atoms with Gasteiger partial charge >= 0.3 is 0 Å². The fraction of sp³-hybridized carbons (Fsp3) is 0.500. The van der Waals surface area contributed by atoms with Crippen molar-refractivity contribution in [2.24, 2.45) is 4.99 Å². The van der Waals surface area contributed by atoms with Gasteiger partial charge < -0.3 is 9.80 Å². The van der Waals surface area contributed by atoms with Crippen molar-refractivity contribution in [2.45, 2.75) is 58.2 Å². The first kappa shape index (κ1) is 19.0. The number of hydrogen-bond donors (Lipinski definition) is 0. The summed E-state index contributed by atoms with van der Waals surface area (Å²) in [6.45, 7) is 9.28. The van der Waals surface area contributed by atoms with E-state index in [-0.39, 0.29) is 12.1 Å². The van der Waals surface area contributed by atoms with Gasteiger partial charge in [0.25, 0.3) is 0 Å². The van der Waals surface area contributed by atoms with E-state index in [1.807, 2.05) is 24.0 Å². The smallest absolute Gasteiger partial charge is 0.160 e. The summed E-state index contributed by atoms with van der Waals surface area (Å²) in [6.07, 6.45) is 5.67. The normalized spacial score (nSPS) is 26.2. The Balaban J connectivity index is 1.59. The average Bonchev–Trinajstić information content (AvgIpc) is 3.47. The SMILES string of the molecule is CC[C@@H]1CSC2=N[C@@H](c3ccccn3)[C@@H](c3ccc(N4CCCC4)c(C)c3C)N21. The van der Waals surface area contributed by atoms with Crippen LogP contribution in [0.5, 0.6) is 0 Å². The van der Waals surface area contributed by atoms with Crippen LogP contribution in [-0.4, -0.2) is 39.9 Å². The van der Waals surface area contributed by atoms with E-state index in [2.05, 4.69) is 54.8 Å². The Kier molecular flexibility index (Phi) is 5.02. The highest BCUT2D eigenvalue weighted by Gasteiger charge is 2.46. The molecule has 3 aliphatic rings. The molecule has 4 nitrogen and oxygen atoms in total. The van der Waals surface area contributed by atoms with Gasteiger partial charge in [-0.3, -0.25) is 9.98 Å². The maximum absolute atomic E-state index is 5.18. The second-order valence-corrected chi connectivity index (χ2v) is 9.44. The Hall–Kier alpha value is -2.01. The molecule has 4 heterocycles. The molecule has 5 rings (SSSR count). The number of pyridine rings is 1. The van der Waals surface area contributed by atoms with Crippen LogP contribution in [0.3, 0.4) is 0 Å². The fourth-order valence-electron chi connectivity index (χ4n) is 5.14. The van der Waals surface area contributed by atoms with E-state index in [1.165, 1.54) is 53.5 Å².